The number of aryl methyl sites for hydroxylation is 1. The van der Waals surface area contributed by atoms with Gasteiger partial charge in [0.05, 0.1) is 7.11 Å². The molecule has 3 nitrogen and oxygen atoms in total. The van der Waals surface area contributed by atoms with Crippen LogP contribution in [0.25, 0.3) is 22.6 Å². The average Bonchev–Trinajstić information content (AvgIpc) is 2.98. The summed E-state index contributed by atoms with van der Waals surface area (Å²) in [5.41, 5.74) is 3.96. The Labute approximate surface area is 117 Å². The highest BCUT2D eigenvalue weighted by molar-refractivity contribution is 5.67. The van der Waals surface area contributed by atoms with Gasteiger partial charge in [0.1, 0.15) is 11.4 Å². The van der Waals surface area contributed by atoms with Crippen molar-refractivity contribution in [1.82, 2.24) is 5.16 Å². The Balaban J connectivity index is 1.96. The lowest BCUT2D eigenvalue weighted by Gasteiger charge is -2.04. The van der Waals surface area contributed by atoms with Crippen LogP contribution < -0.4 is 4.74 Å². The van der Waals surface area contributed by atoms with E-state index >= 15 is 0 Å². The largest absolute Gasteiger partial charge is 0.496 e. The molecule has 0 N–H and O–H groups in total. The Morgan fingerprint density at radius 2 is 1.75 bits per heavy atom. The number of methoxy groups -OCH3 is 1. The first-order valence-electron chi connectivity index (χ1n) is 6.45. The van der Waals surface area contributed by atoms with Crippen LogP contribution in [0.3, 0.4) is 0 Å². The molecule has 0 aliphatic carbocycles. The summed E-state index contributed by atoms with van der Waals surface area (Å²) in [7, 11) is 1.67. The quantitative estimate of drug-likeness (QED) is 0.707. The normalized spacial score (nSPS) is 10.5. The van der Waals surface area contributed by atoms with Crippen molar-refractivity contribution in [2.75, 3.05) is 7.11 Å². The van der Waals surface area contributed by atoms with Crippen LogP contribution in [0.4, 0.5) is 0 Å². The highest BCUT2D eigenvalue weighted by Gasteiger charge is 2.09. The molecule has 100 valence electrons. The van der Waals surface area contributed by atoms with E-state index in [1.807, 2.05) is 61.5 Å². The summed E-state index contributed by atoms with van der Waals surface area (Å²) in [5, 5.41) is 4.13. The number of rotatable bonds is 3. The van der Waals surface area contributed by atoms with Crippen LogP contribution in [-0.4, -0.2) is 12.3 Å². The van der Waals surface area contributed by atoms with Crippen molar-refractivity contribution < 1.29 is 9.26 Å². The minimum absolute atomic E-state index is 0.759. The number of nitrogens with zero attached hydrogens (tertiary/aromatic N) is 1. The predicted molar refractivity (Wildman–Crippen MR) is 78.7 cm³/mol. The van der Waals surface area contributed by atoms with Crippen molar-refractivity contribution in [3.8, 4) is 28.3 Å². The molecular formula is C17H15NO2. The zero-order valence-corrected chi connectivity index (χ0v) is 11.5. The first-order valence-corrected chi connectivity index (χ1v) is 6.45. The molecule has 3 aromatic rings. The van der Waals surface area contributed by atoms with Crippen LogP contribution in [0.5, 0.6) is 5.75 Å². The van der Waals surface area contributed by atoms with Gasteiger partial charge in [-0.15, -0.1) is 0 Å². The molecule has 20 heavy (non-hydrogen) atoms. The Kier molecular flexibility index (Phi) is 3.25. The molecule has 3 heteroatoms. The summed E-state index contributed by atoms with van der Waals surface area (Å²) in [6.45, 7) is 2.01. The standard InChI is InChI=1S/C17H15NO2/c1-12-10-14(8-9-16(12)19-2)17-11-15(18-20-17)13-6-4-3-5-7-13/h3-11H,1-2H3. The monoisotopic (exact) mass is 265 g/mol. The lowest BCUT2D eigenvalue weighted by atomic mass is 10.1. The van der Waals surface area contributed by atoms with E-state index in [9.17, 15) is 0 Å². The number of hydrogen-bond donors (Lipinski definition) is 0. The van der Waals surface area contributed by atoms with Crippen LogP contribution in [-0.2, 0) is 0 Å². The summed E-state index contributed by atoms with van der Waals surface area (Å²) in [6.07, 6.45) is 0. The number of aromatic nitrogens is 1. The van der Waals surface area contributed by atoms with E-state index in [-0.39, 0.29) is 0 Å². The molecule has 2 aromatic carbocycles. The van der Waals surface area contributed by atoms with Crippen LogP contribution in [0, 0.1) is 6.92 Å². The molecule has 3 rings (SSSR count). The third-order valence-corrected chi connectivity index (χ3v) is 3.26. The molecule has 0 amide bonds. The predicted octanol–water partition coefficient (Wildman–Crippen LogP) is 4.33. The highest BCUT2D eigenvalue weighted by atomic mass is 16.5. The van der Waals surface area contributed by atoms with Gasteiger partial charge in [-0.25, -0.2) is 0 Å². The molecule has 0 fully saturated rings. The van der Waals surface area contributed by atoms with Gasteiger partial charge in [-0.1, -0.05) is 35.5 Å². The van der Waals surface area contributed by atoms with Crippen molar-refractivity contribution in [2.24, 2.45) is 0 Å². The zero-order valence-electron chi connectivity index (χ0n) is 11.5. The summed E-state index contributed by atoms with van der Waals surface area (Å²) in [5.74, 6) is 1.63. The highest BCUT2D eigenvalue weighted by Crippen LogP contribution is 2.29. The van der Waals surface area contributed by atoms with Gasteiger partial charge in [-0.05, 0) is 30.7 Å². The van der Waals surface area contributed by atoms with Gasteiger partial charge in [-0.2, -0.15) is 0 Å². The van der Waals surface area contributed by atoms with Crippen LogP contribution in [0.2, 0.25) is 0 Å². The Morgan fingerprint density at radius 3 is 2.45 bits per heavy atom. The van der Waals surface area contributed by atoms with Crippen LogP contribution in [0.15, 0.2) is 59.1 Å². The number of hydrogen-bond acceptors (Lipinski definition) is 3. The number of ether oxygens (including phenoxy) is 1. The Hall–Kier alpha value is -2.55. The SMILES string of the molecule is COc1ccc(-c2cc(-c3ccccc3)no2)cc1C. The van der Waals surface area contributed by atoms with E-state index in [4.69, 9.17) is 9.26 Å². The van der Waals surface area contributed by atoms with E-state index in [1.165, 1.54) is 0 Å². The van der Waals surface area contributed by atoms with Gasteiger partial charge >= 0.3 is 0 Å². The molecule has 0 saturated carbocycles. The molecule has 0 aliphatic heterocycles. The molecule has 1 aromatic heterocycles. The fourth-order valence-corrected chi connectivity index (χ4v) is 2.19. The van der Waals surface area contributed by atoms with Crippen molar-refractivity contribution in [1.29, 1.82) is 0 Å². The van der Waals surface area contributed by atoms with Gasteiger partial charge in [0, 0.05) is 17.2 Å². The van der Waals surface area contributed by atoms with Crippen LogP contribution >= 0.6 is 0 Å². The van der Waals surface area contributed by atoms with Crippen LogP contribution in [0.1, 0.15) is 5.56 Å². The second-order valence-corrected chi connectivity index (χ2v) is 4.63. The lowest BCUT2D eigenvalue weighted by Crippen LogP contribution is -1.87. The minimum Gasteiger partial charge on any atom is -0.496 e. The van der Waals surface area contributed by atoms with Crippen molar-refractivity contribution in [2.45, 2.75) is 6.92 Å². The van der Waals surface area contributed by atoms with Crippen molar-refractivity contribution in [3.05, 3.63) is 60.2 Å². The molecule has 0 atom stereocenters. The van der Waals surface area contributed by atoms with Gasteiger partial charge < -0.3 is 9.26 Å². The van der Waals surface area contributed by atoms with E-state index in [1.54, 1.807) is 7.11 Å². The maximum Gasteiger partial charge on any atom is 0.167 e. The molecule has 0 radical (unpaired) electrons. The van der Waals surface area contributed by atoms with Crippen molar-refractivity contribution in [3.63, 3.8) is 0 Å². The lowest BCUT2D eigenvalue weighted by molar-refractivity contribution is 0.411. The van der Waals surface area contributed by atoms with E-state index in [2.05, 4.69) is 5.16 Å². The minimum atomic E-state index is 0.759. The fourth-order valence-electron chi connectivity index (χ4n) is 2.19. The topological polar surface area (TPSA) is 35.3 Å². The first-order chi connectivity index (χ1) is 9.78. The third-order valence-electron chi connectivity index (χ3n) is 3.26. The second-order valence-electron chi connectivity index (χ2n) is 4.63. The van der Waals surface area contributed by atoms with E-state index < -0.39 is 0 Å². The average molecular weight is 265 g/mol. The fraction of sp³-hybridized carbons (Fsp3) is 0.118. The van der Waals surface area contributed by atoms with E-state index in [0.717, 1.165) is 33.9 Å². The molecule has 0 spiro atoms. The van der Waals surface area contributed by atoms with Gasteiger partial charge in [0.15, 0.2) is 5.76 Å². The maximum absolute atomic E-state index is 5.44. The molecule has 1 heterocycles. The molecular weight excluding hydrogens is 250 g/mol. The summed E-state index contributed by atoms with van der Waals surface area (Å²) in [6, 6.07) is 17.9. The number of benzene rings is 2. The van der Waals surface area contributed by atoms with Gasteiger partial charge in [0.25, 0.3) is 0 Å². The molecule has 0 bridgehead atoms. The third kappa shape index (κ3) is 2.30. The molecule has 0 saturated heterocycles. The van der Waals surface area contributed by atoms with Gasteiger partial charge in [0.2, 0.25) is 0 Å². The zero-order chi connectivity index (χ0) is 13.9. The maximum atomic E-state index is 5.44. The van der Waals surface area contributed by atoms with Gasteiger partial charge in [-0.3, -0.25) is 0 Å². The second kappa shape index (κ2) is 5.21. The molecule has 0 aliphatic rings. The first kappa shape index (κ1) is 12.5. The Morgan fingerprint density at radius 1 is 0.950 bits per heavy atom. The summed E-state index contributed by atoms with van der Waals surface area (Å²) in [4.78, 5) is 0. The van der Waals surface area contributed by atoms with Crippen molar-refractivity contribution >= 4 is 0 Å². The summed E-state index contributed by atoms with van der Waals surface area (Å²) < 4.78 is 10.7. The summed E-state index contributed by atoms with van der Waals surface area (Å²) >= 11 is 0. The smallest absolute Gasteiger partial charge is 0.167 e. The molecule has 0 unspecified atom stereocenters. The van der Waals surface area contributed by atoms with E-state index in [0.29, 0.717) is 0 Å². The Bertz CT molecular complexity index is 717.